The highest BCUT2D eigenvalue weighted by molar-refractivity contribution is 7.47. The van der Waals surface area contributed by atoms with Crippen molar-refractivity contribution in [1.29, 1.82) is 0 Å². The van der Waals surface area contributed by atoms with Crippen LogP contribution in [0.1, 0.15) is 367 Å². The fraction of sp³-hybridized carbons (Fsp3) is 0.878. The van der Waals surface area contributed by atoms with Crippen LogP contribution in [0.2, 0.25) is 0 Å². The summed E-state index contributed by atoms with van der Waals surface area (Å²) in [6.07, 6.45) is 88.4. The zero-order chi connectivity index (χ0) is 60.5. The number of rotatable bonds is 68. The van der Waals surface area contributed by atoms with E-state index in [1.165, 1.54) is 295 Å². The first-order valence-electron chi connectivity index (χ1n) is 36.5. The van der Waals surface area contributed by atoms with E-state index in [1.54, 1.807) is 6.08 Å². The van der Waals surface area contributed by atoms with E-state index in [9.17, 15) is 19.4 Å². The highest BCUT2D eigenvalue weighted by atomic mass is 31.2. The van der Waals surface area contributed by atoms with E-state index >= 15 is 0 Å². The van der Waals surface area contributed by atoms with E-state index in [2.05, 4.69) is 55.6 Å². The molecule has 3 atom stereocenters. The average molecular weight is 1190 g/mol. The Balaban J connectivity index is 4.04. The van der Waals surface area contributed by atoms with Crippen molar-refractivity contribution in [1.82, 2.24) is 5.32 Å². The summed E-state index contributed by atoms with van der Waals surface area (Å²) in [5, 5.41) is 14.0. The summed E-state index contributed by atoms with van der Waals surface area (Å²) in [6.45, 7) is 4.86. The van der Waals surface area contributed by atoms with Gasteiger partial charge in [-0.05, 0) is 57.8 Å². The lowest BCUT2D eigenvalue weighted by atomic mass is 10.0. The Bertz CT molecular complexity index is 1490. The first kappa shape index (κ1) is 81.5. The number of hydrogen-bond donors (Lipinski definition) is 3. The van der Waals surface area contributed by atoms with Crippen LogP contribution in [-0.2, 0) is 18.4 Å². The third-order valence-electron chi connectivity index (χ3n) is 16.8. The van der Waals surface area contributed by atoms with Crippen molar-refractivity contribution in [3.63, 3.8) is 0 Å². The SMILES string of the molecule is CCCCCCC/C=C\C/C=C\C/C=C\CCCCCCCCCCCCCCCCCCC(=O)NC(COP(=O)(O)OCC[N+](C)(C)C)C(O)/C=C/CCCCCCCCCCCCCCCCCCCCCCCCCCCCCC. The van der Waals surface area contributed by atoms with Crippen LogP contribution in [0.4, 0.5) is 0 Å². The summed E-state index contributed by atoms with van der Waals surface area (Å²) in [5.41, 5.74) is 0. The number of nitrogens with one attached hydrogen (secondary N) is 1. The Morgan fingerprint density at radius 3 is 1.00 bits per heavy atom. The van der Waals surface area contributed by atoms with Crippen LogP contribution in [0.15, 0.2) is 48.6 Å². The molecule has 0 bridgehead atoms. The Kier molecular flexibility index (Phi) is 63.7. The van der Waals surface area contributed by atoms with Gasteiger partial charge in [0.05, 0.1) is 39.9 Å². The standard InChI is InChI=1S/C74H143N2O6P/c1-6-8-10-12-14-16-18-20-22-24-26-28-30-32-34-36-38-40-42-44-46-48-50-52-54-56-58-60-62-64-66-68-74(78)75-72(71-82-83(79,80)81-70-69-76(3,4)5)73(77)67-65-63-61-59-57-55-53-51-49-47-45-43-41-39-37-35-33-31-29-27-25-23-21-19-17-15-13-11-9-7-2/h18,20,24,26,30,32,65,67,72-73,77H,6-17,19,21-23,25,27-29,31,33-64,66,68-71H2,1-5H3,(H-,75,78,79,80)/p+1/b20-18-,26-24-,32-30-,67-65+. The van der Waals surface area contributed by atoms with Crippen molar-refractivity contribution in [2.75, 3.05) is 40.9 Å². The number of aliphatic hydroxyl groups excluding tert-OH is 1. The number of carbonyl (C=O) groups excluding carboxylic acids is 1. The fourth-order valence-electron chi connectivity index (χ4n) is 11.1. The second-order valence-corrected chi connectivity index (χ2v) is 27.8. The van der Waals surface area contributed by atoms with Gasteiger partial charge in [0.2, 0.25) is 5.91 Å². The van der Waals surface area contributed by atoms with Gasteiger partial charge in [-0.15, -0.1) is 0 Å². The van der Waals surface area contributed by atoms with Crippen molar-refractivity contribution in [3.8, 4) is 0 Å². The molecule has 0 saturated carbocycles. The maximum atomic E-state index is 13.1. The van der Waals surface area contributed by atoms with E-state index in [1.807, 2.05) is 27.2 Å². The monoisotopic (exact) mass is 1190 g/mol. The molecule has 0 spiro atoms. The summed E-state index contributed by atoms with van der Waals surface area (Å²) >= 11 is 0. The summed E-state index contributed by atoms with van der Waals surface area (Å²) < 4.78 is 23.8. The lowest BCUT2D eigenvalue weighted by Crippen LogP contribution is -2.45. The number of carbonyl (C=O) groups is 1. The molecule has 3 N–H and O–H groups in total. The van der Waals surface area contributed by atoms with Crippen LogP contribution in [0.5, 0.6) is 0 Å². The van der Waals surface area contributed by atoms with Crippen LogP contribution in [0, 0.1) is 0 Å². The van der Waals surface area contributed by atoms with Gasteiger partial charge in [0, 0.05) is 6.42 Å². The molecule has 83 heavy (non-hydrogen) atoms. The van der Waals surface area contributed by atoms with Gasteiger partial charge in [-0.2, -0.15) is 0 Å². The topological polar surface area (TPSA) is 105 Å². The summed E-state index contributed by atoms with van der Waals surface area (Å²) in [7, 11) is 1.59. The molecule has 0 rings (SSSR count). The van der Waals surface area contributed by atoms with Crippen molar-refractivity contribution in [3.05, 3.63) is 48.6 Å². The van der Waals surface area contributed by atoms with Crippen LogP contribution in [0.3, 0.4) is 0 Å². The number of aliphatic hydroxyl groups is 1. The van der Waals surface area contributed by atoms with Gasteiger partial charge in [0.15, 0.2) is 0 Å². The highest BCUT2D eigenvalue weighted by Crippen LogP contribution is 2.43. The predicted octanol–water partition coefficient (Wildman–Crippen LogP) is 23.4. The summed E-state index contributed by atoms with van der Waals surface area (Å²) in [4.78, 5) is 23.4. The first-order valence-corrected chi connectivity index (χ1v) is 38.0. The molecule has 0 aromatic heterocycles. The second-order valence-electron chi connectivity index (χ2n) is 26.3. The zero-order valence-corrected chi connectivity index (χ0v) is 57.1. The number of phosphoric acid groups is 1. The van der Waals surface area contributed by atoms with Gasteiger partial charge in [-0.25, -0.2) is 4.57 Å². The normalized spacial score (nSPS) is 13.9. The van der Waals surface area contributed by atoms with E-state index in [-0.39, 0.29) is 19.1 Å². The number of hydrogen-bond acceptors (Lipinski definition) is 5. The number of allylic oxidation sites excluding steroid dienone is 7. The van der Waals surface area contributed by atoms with Gasteiger partial charge in [-0.3, -0.25) is 13.8 Å². The molecule has 0 heterocycles. The highest BCUT2D eigenvalue weighted by Gasteiger charge is 2.28. The maximum absolute atomic E-state index is 13.1. The van der Waals surface area contributed by atoms with Gasteiger partial charge < -0.3 is 19.8 Å². The third kappa shape index (κ3) is 67.8. The predicted molar refractivity (Wildman–Crippen MR) is 364 cm³/mol. The zero-order valence-electron chi connectivity index (χ0n) is 56.2. The molecule has 8 nitrogen and oxygen atoms in total. The third-order valence-corrected chi connectivity index (χ3v) is 17.8. The second kappa shape index (κ2) is 64.9. The van der Waals surface area contributed by atoms with Gasteiger partial charge in [-0.1, -0.05) is 351 Å². The summed E-state index contributed by atoms with van der Waals surface area (Å²) in [5.74, 6) is -0.171. The number of nitrogens with zero attached hydrogens (tertiary/aromatic N) is 1. The Hall–Kier alpha value is -1.54. The molecule has 0 aliphatic carbocycles. The van der Waals surface area contributed by atoms with Crippen LogP contribution >= 0.6 is 7.82 Å². The first-order chi connectivity index (χ1) is 40.5. The average Bonchev–Trinajstić information content (AvgIpc) is 3.49. The molecule has 9 heteroatoms. The molecule has 0 aromatic carbocycles. The van der Waals surface area contributed by atoms with Crippen molar-refractivity contribution in [2.45, 2.75) is 379 Å². The largest absolute Gasteiger partial charge is 0.472 e. The van der Waals surface area contributed by atoms with Crippen LogP contribution < -0.4 is 5.32 Å². The molecule has 0 fully saturated rings. The minimum atomic E-state index is -4.36. The molecular formula is C74H144N2O6P+. The molecule has 0 saturated heterocycles. The van der Waals surface area contributed by atoms with Gasteiger partial charge >= 0.3 is 7.82 Å². The van der Waals surface area contributed by atoms with E-state index in [0.717, 1.165) is 51.4 Å². The molecule has 0 radical (unpaired) electrons. The number of amides is 1. The lowest BCUT2D eigenvalue weighted by Gasteiger charge is -2.25. The quantitative estimate of drug-likeness (QED) is 0.0243. The van der Waals surface area contributed by atoms with Crippen molar-refractivity contribution < 1.29 is 32.9 Å². The molecule has 1 amide bonds. The fourth-order valence-corrected chi connectivity index (χ4v) is 11.8. The Labute approximate surface area is 518 Å². The Morgan fingerprint density at radius 1 is 0.410 bits per heavy atom. The smallest absolute Gasteiger partial charge is 0.387 e. The molecule has 490 valence electrons. The maximum Gasteiger partial charge on any atom is 0.472 e. The molecule has 0 aliphatic heterocycles. The number of likely N-dealkylation sites (N-methyl/N-ethyl adjacent to an activating group) is 1. The molecule has 3 unspecified atom stereocenters. The number of phosphoric ester groups is 1. The van der Waals surface area contributed by atoms with E-state index in [0.29, 0.717) is 17.4 Å². The van der Waals surface area contributed by atoms with Crippen LogP contribution in [0.25, 0.3) is 0 Å². The molecule has 0 aromatic rings. The Morgan fingerprint density at radius 2 is 0.687 bits per heavy atom. The van der Waals surface area contributed by atoms with Crippen LogP contribution in [-0.4, -0.2) is 73.4 Å². The minimum Gasteiger partial charge on any atom is -0.387 e. The van der Waals surface area contributed by atoms with Crippen molar-refractivity contribution in [2.24, 2.45) is 0 Å². The van der Waals surface area contributed by atoms with Gasteiger partial charge in [0.1, 0.15) is 13.2 Å². The molecule has 0 aliphatic rings. The lowest BCUT2D eigenvalue weighted by molar-refractivity contribution is -0.870. The van der Waals surface area contributed by atoms with Crippen molar-refractivity contribution >= 4 is 13.7 Å². The van der Waals surface area contributed by atoms with Gasteiger partial charge in [0.25, 0.3) is 0 Å². The number of quaternary nitrogens is 1. The minimum absolute atomic E-state index is 0.0623. The van der Waals surface area contributed by atoms with E-state index in [4.69, 9.17) is 9.05 Å². The molecular weight excluding hydrogens is 1040 g/mol. The van der Waals surface area contributed by atoms with E-state index < -0.39 is 20.0 Å². The number of unbranched alkanes of at least 4 members (excludes halogenated alkanes) is 49. The summed E-state index contributed by atoms with van der Waals surface area (Å²) in [6, 6.07) is -0.849.